The number of esters is 1. The molecular weight excluding hydrogens is 278 g/mol. The molecule has 22 heavy (non-hydrogen) atoms. The summed E-state index contributed by atoms with van der Waals surface area (Å²) < 4.78 is 9.06. The molecule has 0 radical (unpaired) electrons. The number of carbonyl (C=O) groups is 1. The summed E-state index contributed by atoms with van der Waals surface area (Å²) >= 11 is 0. The van der Waals surface area contributed by atoms with Crippen LogP contribution < -0.4 is 0 Å². The fourth-order valence-corrected chi connectivity index (χ4v) is 2.74. The molecule has 2 aromatic heterocycles. The Morgan fingerprint density at radius 3 is 2.91 bits per heavy atom. The van der Waals surface area contributed by atoms with Crippen LogP contribution >= 0.6 is 0 Å². The number of hydrogen-bond acceptors (Lipinski definition) is 3. The van der Waals surface area contributed by atoms with Gasteiger partial charge in [0.2, 0.25) is 0 Å². The predicted molar refractivity (Wildman–Crippen MR) is 84.9 cm³/mol. The molecule has 0 atom stereocenters. The van der Waals surface area contributed by atoms with Crippen molar-refractivity contribution in [2.45, 2.75) is 26.4 Å². The molecular formula is C17H19N3O2. The maximum Gasteiger partial charge on any atom is 0.337 e. The van der Waals surface area contributed by atoms with Gasteiger partial charge in [-0.15, -0.1) is 0 Å². The molecule has 0 bridgehead atoms. The molecule has 0 N–H and O–H groups in total. The van der Waals surface area contributed by atoms with Crippen LogP contribution in [0.25, 0.3) is 10.9 Å². The molecule has 0 saturated carbocycles. The van der Waals surface area contributed by atoms with Gasteiger partial charge in [0.15, 0.2) is 0 Å². The summed E-state index contributed by atoms with van der Waals surface area (Å²) in [6.07, 6.45) is 8.74. The Bertz CT molecular complexity index is 788. The molecule has 0 aliphatic heterocycles. The average Bonchev–Trinajstić information content (AvgIpc) is 3.16. The van der Waals surface area contributed by atoms with Crippen molar-refractivity contribution >= 4 is 16.9 Å². The first-order valence-corrected chi connectivity index (χ1v) is 7.38. The van der Waals surface area contributed by atoms with E-state index < -0.39 is 0 Å². The minimum atomic E-state index is -0.303. The van der Waals surface area contributed by atoms with Gasteiger partial charge in [-0.3, -0.25) is 0 Å². The first-order valence-electron chi connectivity index (χ1n) is 7.38. The molecule has 0 fully saturated rings. The number of methoxy groups -OCH3 is 1. The summed E-state index contributed by atoms with van der Waals surface area (Å²) in [4.78, 5) is 15.8. The van der Waals surface area contributed by atoms with Crippen molar-refractivity contribution in [2.75, 3.05) is 7.11 Å². The monoisotopic (exact) mass is 297 g/mol. The number of hydrogen-bond donors (Lipinski definition) is 0. The number of benzene rings is 1. The molecule has 5 nitrogen and oxygen atoms in total. The van der Waals surface area contributed by atoms with Crippen LogP contribution in [0.5, 0.6) is 0 Å². The topological polar surface area (TPSA) is 49.0 Å². The summed E-state index contributed by atoms with van der Waals surface area (Å²) in [6.45, 7) is 3.83. The molecule has 0 spiro atoms. The number of carbonyl (C=O) groups excluding carboxylic acids is 1. The normalized spacial score (nSPS) is 11.0. The van der Waals surface area contributed by atoms with Crippen molar-refractivity contribution in [2.24, 2.45) is 0 Å². The van der Waals surface area contributed by atoms with Gasteiger partial charge in [0.25, 0.3) is 0 Å². The zero-order valence-corrected chi connectivity index (χ0v) is 12.8. The number of fused-ring (bicyclic) bond motifs is 1. The number of rotatable bonds is 5. The number of imidazole rings is 1. The van der Waals surface area contributed by atoms with Crippen LogP contribution in [-0.4, -0.2) is 27.2 Å². The third kappa shape index (κ3) is 2.62. The Labute approximate surface area is 129 Å². The van der Waals surface area contributed by atoms with Crippen LogP contribution in [0.3, 0.4) is 0 Å². The lowest BCUT2D eigenvalue weighted by Gasteiger charge is -2.04. The lowest BCUT2D eigenvalue weighted by molar-refractivity contribution is 0.0601. The molecule has 2 heterocycles. The van der Waals surface area contributed by atoms with Crippen molar-refractivity contribution in [1.29, 1.82) is 0 Å². The molecule has 114 valence electrons. The molecule has 0 amide bonds. The zero-order chi connectivity index (χ0) is 15.5. The van der Waals surface area contributed by atoms with Crippen molar-refractivity contribution in [3.63, 3.8) is 0 Å². The second-order valence-electron chi connectivity index (χ2n) is 5.31. The van der Waals surface area contributed by atoms with E-state index in [-0.39, 0.29) is 5.97 Å². The minimum Gasteiger partial charge on any atom is -0.465 e. The average molecular weight is 297 g/mol. The van der Waals surface area contributed by atoms with Crippen LogP contribution in [0.15, 0.2) is 43.1 Å². The number of nitrogens with zero attached hydrogens (tertiary/aromatic N) is 3. The van der Waals surface area contributed by atoms with E-state index in [4.69, 9.17) is 4.74 Å². The van der Waals surface area contributed by atoms with E-state index in [0.29, 0.717) is 5.56 Å². The smallest absolute Gasteiger partial charge is 0.337 e. The zero-order valence-electron chi connectivity index (χ0n) is 12.8. The molecule has 0 aliphatic carbocycles. The fraction of sp³-hybridized carbons (Fsp3) is 0.294. The first-order chi connectivity index (χ1) is 10.7. The highest BCUT2D eigenvalue weighted by Crippen LogP contribution is 2.24. The van der Waals surface area contributed by atoms with E-state index in [1.54, 1.807) is 6.20 Å². The highest BCUT2D eigenvalue weighted by molar-refractivity contribution is 5.95. The standard InChI is InChI=1S/C17H19N3O2/c1-3-7-20-11-14(10-19-8-6-18-12-19)15-5-4-13(9-16(15)20)17(21)22-2/h4-6,8-9,11-12H,3,7,10H2,1-2H3. The highest BCUT2D eigenvalue weighted by Gasteiger charge is 2.12. The summed E-state index contributed by atoms with van der Waals surface area (Å²) in [5.74, 6) is -0.303. The van der Waals surface area contributed by atoms with Gasteiger partial charge in [0.1, 0.15) is 0 Å². The van der Waals surface area contributed by atoms with E-state index in [1.165, 1.54) is 12.7 Å². The van der Waals surface area contributed by atoms with Crippen molar-refractivity contribution in [1.82, 2.24) is 14.1 Å². The molecule has 5 heteroatoms. The lowest BCUT2D eigenvalue weighted by Crippen LogP contribution is -2.01. The molecule has 0 aliphatic rings. The van der Waals surface area contributed by atoms with Crippen LogP contribution in [0.1, 0.15) is 29.3 Å². The largest absolute Gasteiger partial charge is 0.465 e. The fourth-order valence-electron chi connectivity index (χ4n) is 2.74. The second kappa shape index (κ2) is 6.05. The van der Waals surface area contributed by atoms with E-state index in [0.717, 1.165) is 30.4 Å². The molecule has 0 saturated heterocycles. The third-order valence-corrected chi connectivity index (χ3v) is 3.76. The van der Waals surface area contributed by atoms with Gasteiger partial charge in [0, 0.05) is 36.0 Å². The van der Waals surface area contributed by atoms with Gasteiger partial charge < -0.3 is 13.9 Å². The van der Waals surface area contributed by atoms with Crippen LogP contribution in [-0.2, 0) is 17.8 Å². The summed E-state index contributed by atoms with van der Waals surface area (Å²) in [6, 6.07) is 5.73. The quantitative estimate of drug-likeness (QED) is 0.680. The minimum absolute atomic E-state index is 0.303. The third-order valence-electron chi connectivity index (χ3n) is 3.76. The summed E-state index contributed by atoms with van der Waals surface area (Å²) in [7, 11) is 1.40. The Hall–Kier alpha value is -2.56. The molecule has 3 aromatic rings. The highest BCUT2D eigenvalue weighted by atomic mass is 16.5. The SMILES string of the molecule is CCCn1cc(Cn2ccnc2)c2ccc(C(=O)OC)cc21. The lowest BCUT2D eigenvalue weighted by atomic mass is 10.1. The number of ether oxygens (including phenoxy) is 1. The van der Waals surface area contributed by atoms with Crippen molar-refractivity contribution < 1.29 is 9.53 Å². The Morgan fingerprint density at radius 1 is 1.36 bits per heavy atom. The van der Waals surface area contributed by atoms with Crippen molar-refractivity contribution in [3.05, 3.63) is 54.2 Å². The van der Waals surface area contributed by atoms with E-state index in [9.17, 15) is 4.79 Å². The van der Waals surface area contributed by atoms with Gasteiger partial charge in [-0.2, -0.15) is 0 Å². The molecule has 3 rings (SSSR count). The maximum absolute atomic E-state index is 11.7. The first kappa shape index (κ1) is 14.4. The summed E-state index contributed by atoms with van der Waals surface area (Å²) in [5, 5.41) is 1.16. The van der Waals surface area contributed by atoms with E-state index >= 15 is 0 Å². The van der Waals surface area contributed by atoms with Gasteiger partial charge in [-0.25, -0.2) is 9.78 Å². The summed E-state index contributed by atoms with van der Waals surface area (Å²) in [5.41, 5.74) is 2.87. The van der Waals surface area contributed by atoms with Gasteiger partial charge in [0.05, 0.1) is 25.5 Å². The Balaban J connectivity index is 2.07. The van der Waals surface area contributed by atoms with Gasteiger partial charge in [-0.1, -0.05) is 13.0 Å². The van der Waals surface area contributed by atoms with Gasteiger partial charge >= 0.3 is 5.97 Å². The number of aromatic nitrogens is 3. The van der Waals surface area contributed by atoms with E-state index in [1.807, 2.05) is 35.3 Å². The second-order valence-corrected chi connectivity index (χ2v) is 5.31. The number of aryl methyl sites for hydroxylation is 1. The Morgan fingerprint density at radius 2 is 2.23 bits per heavy atom. The maximum atomic E-state index is 11.7. The molecule has 0 unspecified atom stereocenters. The van der Waals surface area contributed by atoms with Gasteiger partial charge in [-0.05, 0) is 24.1 Å². The van der Waals surface area contributed by atoms with Crippen LogP contribution in [0, 0.1) is 0 Å². The van der Waals surface area contributed by atoms with Crippen LogP contribution in [0.4, 0.5) is 0 Å². The predicted octanol–water partition coefficient (Wildman–Crippen LogP) is 3.08. The van der Waals surface area contributed by atoms with Crippen molar-refractivity contribution in [3.8, 4) is 0 Å². The van der Waals surface area contributed by atoms with E-state index in [2.05, 4.69) is 22.7 Å². The molecule has 1 aromatic carbocycles. The van der Waals surface area contributed by atoms with Crippen LogP contribution in [0.2, 0.25) is 0 Å². The Kier molecular flexibility index (Phi) is 3.96.